The Hall–Kier alpha value is -4.73. The molecule has 0 aromatic heterocycles. The summed E-state index contributed by atoms with van der Waals surface area (Å²) >= 11 is 6.29. The largest absolute Gasteiger partial charge is 0.488 e. The average molecular weight is 623 g/mol. The topological polar surface area (TPSA) is 87.2 Å². The van der Waals surface area contributed by atoms with E-state index in [4.69, 9.17) is 17.0 Å². The fraction of sp³-hybridized carbons (Fsp3) is 0.143. The van der Waals surface area contributed by atoms with E-state index in [1.54, 1.807) is 24.3 Å². The van der Waals surface area contributed by atoms with E-state index in [-0.39, 0.29) is 27.8 Å². The highest BCUT2D eigenvalue weighted by molar-refractivity contribution is 8.26. The Bertz CT molecular complexity index is 1690. The number of carbonyl (C=O) groups excluding carboxylic acids is 2. The monoisotopic (exact) mass is 622 g/mol. The van der Waals surface area contributed by atoms with Crippen LogP contribution < -0.4 is 4.74 Å². The minimum Gasteiger partial charge on any atom is -0.488 e. The summed E-state index contributed by atoms with van der Waals surface area (Å²) in [6, 6.07) is 34.3. The molecule has 4 aromatic carbocycles. The van der Waals surface area contributed by atoms with E-state index in [9.17, 15) is 19.5 Å². The van der Waals surface area contributed by atoms with Crippen molar-refractivity contribution < 1.29 is 24.2 Å². The highest BCUT2D eigenvalue weighted by atomic mass is 32.2. The van der Waals surface area contributed by atoms with Crippen molar-refractivity contribution in [1.82, 2.24) is 9.80 Å². The molecule has 2 amide bonds. The zero-order chi connectivity index (χ0) is 31.1. The first-order valence-electron chi connectivity index (χ1n) is 14.0. The van der Waals surface area contributed by atoms with Gasteiger partial charge in [-0.15, -0.1) is 0 Å². The molecule has 44 heavy (non-hydrogen) atoms. The lowest BCUT2D eigenvalue weighted by molar-refractivity contribution is -0.140. The van der Waals surface area contributed by atoms with Crippen LogP contribution in [-0.4, -0.2) is 43.6 Å². The molecule has 0 saturated carbocycles. The number of ether oxygens (including phenoxy) is 1. The number of thiocarbonyl (C=S) groups is 1. The minimum atomic E-state index is -1.15. The summed E-state index contributed by atoms with van der Waals surface area (Å²) in [6.07, 6.45) is 1.63. The molecule has 1 saturated heterocycles. The van der Waals surface area contributed by atoms with Gasteiger partial charge in [-0.2, -0.15) is 0 Å². The molecule has 1 atom stereocenters. The Balaban J connectivity index is 1.54. The first-order chi connectivity index (χ1) is 21.3. The van der Waals surface area contributed by atoms with E-state index in [1.807, 2.05) is 103 Å². The number of carboxylic acids is 1. The summed E-state index contributed by atoms with van der Waals surface area (Å²) in [4.78, 5) is 41.9. The van der Waals surface area contributed by atoms with Crippen LogP contribution in [0.15, 0.2) is 114 Å². The summed E-state index contributed by atoms with van der Waals surface area (Å²) in [5.41, 5.74) is 3.85. The molecule has 1 aliphatic heterocycles. The maximum absolute atomic E-state index is 14.5. The maximum Gasteiger partial charge on any atom is 0.323 e. The lowest BCUT2D eigenvalue weighted by Crippen LogP contribution is -2.33. The summed E-state index contributed by atoms with van der Waals surface area (Å²) in [6.45, 7) is 2.12. The second-order valence-corrected chi connectivity index (χ2v) is 11.9. The van der Waals surface area contributed by atoms with Crippen molar-refractivity contribution in [1.29, 1.82) is 0 Å². The van der Waals surface area contributed by atoms with Crippen LogP contribution in [0.4, 0.5) is 0 Å². The summed E-state index contributed by atoms with van der Waals surface area (Å²) in [5, 5.41) is 9.19. The van der Waals surface area contributed by atoms with Crippen molar-refractivity contribution in [3.63, 3.8) is 0 Å². The summed E-state index contributed by atoms with van der Waals surface area (Å²) in [7, 11) is 0. The first kappa shape index (κ1) is 30.7. The number of rotatable bonds is 11. The molecule has 9 heteroatoms. The van der Waals surface area contributed by atoms with Crippen molar-refractivity contribution in [3.05, 3.63) is 142 Å². The van der Waals surface area contributed by atoms with Crippen molar-refractivity contribution in [3.8, 4) is 5.75 Å². The number of hydrogen-bond acceptors (Lipinski definition) is 6. The van der Waals surface area contributed by atoms with Gasteiger partial charge in [0.05, 0.1) is 16.5 Å². The van der Waals surface area contributed by atoms with E-state index in [0.29, 0.717) is 23.4 Å². The molecule has 1 fully saturated rings. The fourth-order valence-corrected chi connectivity index (χ4v) is 6.07. The molecule has 0 spiro atoms. The van der Waals surface area contributed by atoms with Gasteiger partial charge in [0.1, 0.15) is 23.2 Å². The Morgan fingerprint density at radius 1 is 0.932 bits per heavy atom. The number of benzene rings is 4. The Kier molecular flexibility index (Phi) is 9.89. The van der Waals surface area contributed by atoms with Crippen LogP contribution in [0.1, 0.15) is 45.6 Å². The third kappa shape index (κ3) is 7.42. The number of amides is 2. The predicted molar refractivity (Wildman–Crippen MR) is 176 cm³/mol. The standard InChI is InChI=1S/C35H30N2O5S2/c1-24(28-15-9-4-10-16-28)36(21-25-11-5-2-6-12-25)33(40)29-19-27(17-18-30(29)42-23-26-13-7-3-8-14-26)20-31-34(41)37(22-32(38)39)35(43)44-31/h2-20,24H,21-23H2,1H3,(H,38,39)/b31-20+/t24-/m0/s1. The number of thioether (sulfide) groups is 1. The van der Waals surface area contributed by atoms with Gasteiger partial charge in [-0.1, -0.05) is 121 Å². The van der Waals surface area contributed by atoms with E-state index < -0.39 is 18.4 Å². The molecule has 1 heterocycles. The first-order valence-corrected chi connectivity index (χ1v) is 15.2. The van der Waals surface area contributed by atoms with Crippen molar-refractivity contribution in [2.45, 2.75) is 26.1 Å². The minimum absolute atomic E-state index is 0.175. The number of carbonyl (C=O) groups is 3. The van der Waals surface area contributed by atoms with E-state index in [1.165, 1.54) is 0 Å². The molecular formula is C35H30N2O5S2. The highest BCUT2D eigenvalue weighted by Gasteiger charge is 2.33. The van der Waals surface area contributed by atoms with E-state index in [2.05, 4.69) is 0 Å². The predicted octanol–water partition coefficient (Wildman–Crippen LogP) is 6.96. The van der Waals surface area contributed by atoms with Crippen LogP contribution >= 0.6 is 24.0 Å². The lowest BCUT2D eigenvalue weighted by Gasteiger charge is -2.30. The lowest BCUT2D eigenvalue weighted by atomic mass is 10.0. The molecule has 222 valence electrons. The second-order valence-electron chi connectivity index (χ2n) is 10.2. The van der Waals surface area contributed by atoms with Gasteiger partial charge >= 0.3 is 5.97 Å². The second kappa shape index (κ2) is 14.2. The number of aliphatic carboxylic acids is 1. The van der Waals surface area contributed by atoms with Gasteiger partial charge in [0, 0.05) is 6.54 Å². The molecule has 0 unspecified atom stereocenters. The fourth-order valence-electron chi connectivity index (χ4n) is 4.82. The van der Waals surface area contributed by atoms with Gasteiger partial charge in [0.2, 0.25) is 0 Å². The van der Waals surface area contributed by atoms with Gasteiger partial charge in [-0.05, 0) is 47.4 Å². The van der Waals surface area contributed by atoms with Crippen LogP contribution in [0.2, 0.25) is 0 Å². The molecule has 0 radical (unpaired) electrons. The Labute approximate surface area is 265 Å². The summed E-state index contributed by atoms with van der Waals surface area (Å²) < 4.78 is 6.39. The Morgan fingerprint density at radius 3 is 2.18 bits per heavy atom. The van der Waals surface area contributed by atoms with E-state index in [0.717, 1.165) is 33.4 Å². The van der Waals surface area contributed by atoms with Crippen molar-refractivity contribution in [2.24, 2.45) is 0 Å². The smallest absolute Gasteiger partial charge is 0.323 e. The van der Waals surface area contributed by atoms with Gasteiger partial charge in [-0.25, -0.2) is 0 Å². The number of carboxylic acid groups (broad SMARTS) is 1. The SMILES string of the molecule is C[C@@H](c1ccccc1)N(Cc1ccccc1)C(=O)c1cc(/C=C2/SC(=S)N(CC(=O)O)C2=O)ccc1OCc1ccccc1. The van der Waals surface area contributed by atoms with Crippen molar-refractivity contribution >= 4 is 52.2 Å². The molecule has 7 nitrogen and oxygen atoms in total. The van der Waals surface area contributed by atoms with Gasteiger partial charge in [0.15, 0.2) is 0 Å². The number of hydrogen-bond donors (Lipinski definition) is 1. The van der Waals surface area contributed by atoms with Gasteiger partial charge in [-0.3, -0.25) is 19.3 Å². The van der Waals surface area contributed by atoms with Gasteiger partial charge in [0.25, 0.3) is 11.8 Å². The molecule has 5 rings (SSSR count). The van der Waals surface area contributed by atoms with Gasteiger partial charge < -0.3 is 14.7 Å². The van der Waals surface area contributed by atoms with Crippen LogP contribution in [0.5, 0.6) is 5.75 Å². The third-order valence-electron chi connectivity index (χ3n) is 7.14. The molecule has 4 aromatic rings. The van der Waals surface area contributed by atoms with Crippen LogP contribution in [0, 0.1) is 0 Å². The molecule has 1 N–H and O–H groups in total. The molecule has 0 bridgehead atoms. The number of nitrogens with zero attached hydrogens (tertiary/aromatic N) is 2. The Morgan fingerprint density at radius 2 is 1.55 bits per heavy atom. The third-order valence-corrected chi connectivity index (χ3v) is 8.52. The summed E-state index contributed by atoms with van der Waals surface area (Å²) in [5.74, 6) is -1.46. The zero-order valence-corrected chi connectivity index (χ0v) is 25.6. The average Bonchev–Trinajstić information content (AvgIpc) is 3.30. The van der Waals surface area contributed by atoms with Crippen molar-refractivity contribution in [2.75, 3.05) is 6.54 Å². The van der Waals surface area contributed by atoms with Crippen LogP contribution in [-0.2, 0) is 22.7 Å². The highest BCUT2D eigenvalue weighted by Crippen LogP contribution is 2.34. The maximum atomic E-state index is 14.5. The molecule has 1 aliphatic rings. The quantitative estimate of drug-likeness (QED) is 0.143. The molecule has 0 aliphatic carbocycles. The zero-order valence-electron chi connectivity index (χ0n) is 24.0. The van der Waals surface area contributed by atoms with Crippen LogP contribution in [0.25, 0.3) is 6.08 Å². The molecular weight excluding hydrogens is 593 g/mol. The normalized spacial score (nSPS) is 14.5. The van der Waals surface area contributed by atoms with E-state index >= 15 is 0 Å². The van der Waals surface area contributed by atoms with Crippen LogP contribution in [0.3, 0.4) is 0 Å².